The lowest BCUT2D eigenvalue weighted by Crippen LogP contribution is -2.41. The number of amides is 2. The molecule has 0 aliphatic carbocycles. The number of fused-ring (bicyclic) bond motifs is 1. The van der Waals surface area contributed by atoms with Crippen molar-refractivity contribution in [3.05, 3.63) is 83.9 Å². The van der Waals surface area contributed by atoms with E-state index in [2.05, 4.69) is 5.32 Å². The number of hydrogen-bond donors (Lipinski definition) is 1. The van der Waals surface area contributed by atoms with Gasteiger partial charge in [-0.15, -0.1) is 0 Å². The van der Waals surface area contributed by atoms with Gasteiger partial charge in [-0.25, -0.2) is 0 Å². The number of hydrogen-bond acceptors (Lipinski definition) is 6. The molecule has 2 aliphatic rings. The first-order valence-electron chi connectivity index (χ1n) is 13.8. The van der Waals surface area contributed by atoms with Gasteiger partial charge in [0.25, 0.3) is 0 Å². The molecule has 9 heteroatoms. The summed E-state index contributed by atoms with van der Waals surface area (Å²) in [5.74, 6) is -0.738. The van der Waals surface area contributed by atoms with E-state index in [1.807, 2.05) is 119 Å². The van der Waals surface area contributed by atoms with Crippen molar-refractivity contribution in [1.82, 2.24) is 4.90 Å². The summed E-state index contributed by atoms with van der Waals surface area (Å²) in [6, 6.07) is 23.1. The molecule has 41 heavy (non-hydrogen) atoms. The molecule has 1 unspecified atom stereocenters. The summed E-state index contributed by atoms with van der Waals surface area (Å²) < 4.78 is 12.5. The van der Waals surface area contributed by atoms with Crippen LogP contribution in [-0.2, 0) is 18.9 Å². The fourth-order valence-electron chi connectivity index (χ4n) is 4.99. The van der Waals surface area contributed by atoms with E-state index >= 15 is 0 Å². The van der Waals surface area contributed by atoms with Crippen molar-refractivity contribution in [3.8, 4) is 0 Å². The van der Waals surface area contributed by atoms with Crippen molar-refractivity contribution < 1.29 is 18.9 Å². The minimum atomic E-state index is -0.594. The average molecular weight is 552 g/mol. The van der Waals surface area contributed by atoms with E-state index in [0.717, 1.165) is 28.0 Å². The second-order valence-corrected chi connectivity index (χ2v) is 11.9. The average Bonchev–Trinajstić information content (AvgIpc) is 3.36. The summed E-state index contributed by atoms with van der Waals surface area (Å²) in [5.41, 5.74) is 4.49. The molecule has 1 saturated heterocycles. The van der Waals surface area contributed by atoms with E-state index in [-0.39, 0.29) is 11.8 Å². The number of rotatable bonds is 7. The maximum Gasteiger partial charge on any atom is 0.494 e. The Labute approximate surface area is 242 Å². The van der Waals surface area contributed by atoms with Gasteiger partial charge >= 0.3 is 7.12 Å². The lowest BCUT2D eigenvalue weighted by atomic mass is 9.77. The van der Waals surface area contributed by atoms with Crippen LogP contribution in [0.5, 0.6) is 0 Å². The molecule has 2 aliphatic heterocycles. The van der Waals surface area contributed by atoms with E-state index in [4.69, 9.17) is 14.3 Å². The second kappa shape index (κ2) is 10.9. The number of anilines is 2. The van der Waals surface area contributed by atoms with Gasteiger partial charge in [0.1, 0.15) is 5.92 Å². The Balaban J connectivity index is 1.47. The van der Waals surface area contributed by atoms with E-state index in [1.165, 1.54) is 0 Å². The largest absolute Gasteiger partial charge is 0.494 e. The molecular formula is C32H37BN4O4. The Bertz CT molecular complexity index is 1470. The van der Waals surface area contributed by atoms with Gasteiger partial charge in [0.15, 0.2) is 0 Å². The van der Waals surface area contributed by atoms with Crippen LogP contribution < -0.4 is 15.7 Å². The molecule has 8 nitrogen and oxygen atoms in total. The molecule has 0 bridgehead atoms. The lowest BCUT2D eigenvalue weighted by Gasteiger charge is -2.32. The van der Waals surface area contributed by atoms with Crippen molar-refractivity contribution in [3.63, 3.8) is 0 Å². The van der Waals surface area contributed by atoms with Gasteiger partial charge in [-0.3, -0.25) is 14.6 Å². The van der Waals surface area contributed by atoms with E-state index in [0.29, 0.717) is 17.9 Å². The molecule has 2 heterocycles. The first kappa shape index (κ1) is 28.7. The molecule has 1 atom stereocenters. The van der Waals surface area contributed by atoms with Crippen LogP contribution in [0.15, 0.2) is 77.8 Å². The Kier molecular flexibility index (Phi) is 7.63. The van der Waals surface area contributed by atoms with Gasteiger partial charge in [-0.1, -0.05) is 42.5 Å². The number of aliphatic imine (C=N–C) groups is 1. The third-order valence-electron chi connectivity index (χ3n) is 8.09. The monoisotopic (exact) mass is 552 g/mol. The number of nitrogens with one attached hydrogen (secondary N) is 1. The number of benzene rings is 3. The smallest absolute Gasteiger partial charge is 0.399 e. The molecule has 0 saturated carbocycles. The summed E-state index contributed by atoms with van der Waals surface area (Å²) in [6.45, 7) is 8.40. The predicted octanol–water partition coefficient (Wildman–Crippen LogP) is 4.37. The summed E-state index contributed by atoms with van der Waals surface area (Å²) >= 11 is 0. The number of carbonyl (C=O) groups excluding carboxylic acids is 2. The molecule has 3 aromatic rings. The molecule has 0 aromatic heterocycles. The minimum Gasteiger partial charge on any atom is -0.399 e. The second-order valence-electron chi connectivity index (χ2n) is 11.9. The zero-order valence-electron chi connectivity index (χ0n) is 24.8. The maximum atomic E-state index is 13.5. The molecule has 5 rings (SSSR count). The molecule has 0 spiro atoms. The summed E-state index contributed by atoms with van der Waals surface area (Å²) in [5, 5.41) is 3.06. The van der Waals surface area contributed by atoms with Crippen molar-refractivity contribution >= 4 is 47.2 Å². The minimum absolute atomic E-state index is 0.00430. The normalized spacial score (nSPS) is 19.3. The number of nitrogens with zero attached hydrogens (tertiary/aromatic N) is 3. The summed E-state index contributed by atoms with van der Waals surface area (Å²) in [4.78, 5) is 34.4. The molecule has 212 valence electrons. The van der Waals surface area contributed by atoms with Crippen LogP contribution in [0.2, 0.25) is 0 Å². The molecule has 1 N–H and O–H groups in total. The van der Waals surface area contributed by atoms with Gasteiger partial charge in [-0.2, -0.15) is 0 Å². The fourth-order valence-corrected chi connectivity index (χ4v) is 4.99. The Hall–Kier alpha value is -3.79. The first-order chi connectivity index (χ1) is 19.4. The maximum absolute atomic E-state index is 13.5. The topological polar surface area (TPSA) is 83.5 Å². The Morgan fingerprint density at radius 1 is 0.927 bits per heavy atom. The summed E-state index contributed by atoms with van der Waals surface area (Å²) in [7, 11) is 4.97. The quantitative estimate of drug-likeness (QED) is 0.348. The van der Waals surface area contributed by atoms with Gasteiger partial charge in [0.2, 0.25) is 11.8 Å². The third-order valence-corrected chi connectivity index (χ3v) is 8.09. The SMILES string of the molecule is CN(C)CC(=O)N(C)c1ccc(N=C(c2ccccc2)C2C(=O)Nc3cc(B4OC(C)(C)C(C)(C)O4)ccc32)cc1. The molecular weight excluding hydrogens is 515 g/mol. The van der Waals surface area contributed by atoms with E-state index < -0.39 is 24.2 Å². The van der Waals surface area contributed by atoms with Gasteiger partial charge < -0.3 is 24.4 Å². The van der Waals surface area contributed by atoms with Crippen LogP contribution in [0, 0.1) is 0 Å². The third kappa shape index (κ3) is 5.70. The van der Waals surface area contributed by atoms with Crippen LogP contribution in [0.3, 0.4) is 0 Å². The Morgan fingerprint density at radius 2 is 1.56 bits per heavy atom. The molecule has 1 fully saturated rings. The van der Waals surface area contributed by atoms with E-state index in [9.17, 15) is 9.59 Å². The number of carbonyl (C=O) groups is 2. The van der Waals surface area contributed by atoms with Crippen molar-refractivity contribution in [1.29, 1.82) is 0 Å². The van der Waals surface area contributed by atoms with Crippen LogP contribution in [0.25, 0.3) is 0 Å². The molecule has 0 radical (unpaired) electrons. The van der Waals surface area contributed by atoms with Gasteiger partial charge in [0.05, 0.1) is 29.1 Å². The Morgan fingerprint density at radius 3 is 2.17 bits per heavy atom. The highest BCUT2D eigenvalue weighted by Gasteiger charge is 2.52. The zero-order chi connectivity index (χ0) is 29.5. The summed E-state index contributed by atoms with van der Waals surface area (Å²) in [6.07, 6.45) is 0. The molecule has 2 amide bonds. The van der Waals surface area contributed by atoms with Crippen LogP contribution in [0.1, 0.15) is 44.7 Å². The highest BCUT2D eigenvalue weighted by molar-refractivity contribution is 6.62. The molecule has 3 aromatic carbocycles. The fraction of sp³-hybridized carbons (Fsp3) is 0.344. The van der Waals surface area contributed by atoms with E-state index in [1.54, 1.807) is 11.9 Å². The van der Waals surface area contributed by atoms with Gasteiger partial charge in [-0.05, 0) is 88.7 Å². The standard InChI is InChI=1S/C32H37BN4O4/c1-31(2)32(3,4)41-33(40-31)22-13-18-25-26(19-22)35-30(39)28(25)29(21-11-9-8-10-12-21)34-23-14-16-24(17-15-23)37(7)27(38)20-36(5)6/h8-19,28H,20H2,1-7H3,(H,35,39). The van der Waals surface area contributed by atoms with Crippen LogP contribution in [0.4, 0.5) is 17.1 Å². The highest BCUT2D eigenvalue weighted by Crippen LogP contribution is 2.39. The highest BCUT2D eigenvalue weighted by atomic mass is 16.7. The van der Waals surface area contributed by atoms with Crippen LogP contribution in [-0.4, -0.2) is 68.4 Å². The van der Waals surface area contributed by atoms with Crippen LogP contribution >= 0.6 is 0 Å². The van der Waals surface area contributed by atoms with Crippen molar-refractivity contribution in [2.24, 2.45) is 4.99 Å². The van der Waals surface area contributed by atoms with Crippen molar-refractivity contribution in [2.45, 2.75) is 44.8 Å². The van der Waals surface area contributed by atoms with Crippen molar-refractivity contribution in [2.75, 3.05) is 37.9 Å². The predicted molar refractivity (Wildman–Crippen MR) is 165 cm³/mol. The van der Waals surface area contributed by atoms with Gasteiger partial charge in [0, 0.05) is 18.4 Å². The first-order valence-corrected chi connectivity index (χ1v) is 13.8. The lowest BCUT2D eigenvalue weighted by molar-refractivity contribution is -0.119. The zero-order valence-corrected chi connectivity index (χ0v) is 24.8. The number of likely N-dealkylation sites (N-methyl/N-ethyl adjacent to an activating group) is 2.